The topological polar surface area (TPSA) is 66.0 Å². The molecular formula is C10H19N5. The van der Waals surface area contributed by atoms with Gasteiger partial charge in [0.05, 0.1) is 11.9 Å². The molecule has 3 N–H and O–H groups in total. The minimum absolute atomic E-state index is 0.274. The van der Waals surface area contributed by atoms with E-state index in [2.05, 4.69) is 33.5 Å². The van der Waals surface area contributed by atoms with E-state index in [4.69, 9.17) is 5.73 Å². The van der Waals surface area contributed by atoms with Gasteiger partial charge in [0.1, 0.15) is 0 Å². The first kappa shape index (κ1) is 11.6. The molecule has 0 aliphatic carbocycles. The highest BCUT2D eigenvalue weighted by molar-refractivity contribution is 5.82. The second kappa shape index (κ2) is 5.38. The SMILES string of the molecule is C=NC(N)=NC1CCN(C(=C)NC)CC1. The molecule has 1 aliphatic heterocycles. The third-order valence-electron chi connectivity index (χ3n) is 2.61. The van der Waals surface area contributed by atoms with Gasteiger partial charge in [0.25, 0.3) is 0 Å². The second-order valence-electron chi connectivity index (χ2n) is 3.56. The third kappa shape index (κ3) is 3.27. The number of nitrogens with zero attached hydrogens (tertiary/aromatic N) is 3. The maximum absolute atomic E-state index is 5.50. The van der Waals surface area contributed by atoms with Gasteiger partial charge in [0.15, 0.2) is 0 Å². The molecule has 0 saturated carbocycles. The zero-order valence-electron chi connectivity index (χ0n) is 9.24. The van der Waals surface area contributed by atoms with Crippen molar-refractivity contribution < 1.29 is 0 Å². The van der Waals surface area contributed by atoms with Gasteiger partial charge in [-0.05, 0) is 19.6 Å². The van der Waals surface area contributed by atoms with Crippen LogP contribution >= 0.6 is 0 Å². The Morgan fingerprint density at radius 2 is 2.07 bits per heavy atom. The molecule has 0 aromatic carbocycles. The van der Waals surface area contributed by atoms with E-state index in [-0.39, 0.29) is 6.04 Å². The number of nitrogens with two attached hydrogens (primary N) is 1. The second-order valence-corrected chi connectivity index (χ2v) is 3.56. The fourth-order valence-corrected chi connectivity index (χ4v) is 1.65. The molecule has 0 radical (unpaired) electrons. The van der Waals surface area contributed by atoms with Gasteiger partial charge in [-0.15, -0.1) is 0 Å². The molecule has 1 saturated heterocycles. The summed E-state index contributed by atoms with van der Waals surface area (Å²) >= 11 is 0. The average molecular weight is 209 g/mol. The van der Waals surface area contributed by atoms with E-state index in [1.807, 2.05) is 7.05 Å². The lowest BCUT2D eigenvalue weighted by molar-refractivity contribution is 0.254. The van der Waals surface area contributed by atoms with Gasteiger partial charge in [-0.25, -0.2) is 9.98 Å². The van der Waals surface area contributed by atoms with Crippen LogP contribution < -0.4 is 11.1 Å². The lowest BCUT2D eigenvalue weighted by atomic mass is 10.1. The van der Waals surface area contributed by atoms with Crippen molar-refractivity contribution in [3.05, 3.63) is 12.4 Å². The molecule has 0 bridgehead atoms. The number of nitrogens with one attached hydrogen (secondary N) is 1. The lowest BCUT2D eigenvalue weighted by Crippen LogP contribution is -2.38. The summed E-state index contributed by atoms with van der Waals surface area (Å²) in [6.07, 6.45) is 1.97. The Hall–Kier alpha value is -1.52. The van der Waals surface area contributed by atoms with E-state index in [0.29, 0.717) is 5.96 Å². The van der Waals surface area contributed by atoms with Crippen LogP contribution in [0.25, 0.3) is 0 Å². The normalized spacial score (nSPS) is 18.7. The van der Waals surface area contributed by atoms with E-state index in [9.17, 15) is 0 Å². The zero-order chi connectivity index (χ0) is 11.3. The number of piperidine rings is 1. The van der Waals surface area contributed by atoms with Crippen molar-refractivity contribution in [3.63, 3.8) is 0 Å². The Kier molecular flexibility index (Phi) is 4.15. The molecule has 0 aromatic heterocycles. The minimum atomic E-state index is 0.274. The molecule has 1 aliphatic rings. The van der Waals surface area contributed by atoms with Crippen LogP contribution in [0.3, 0.4) is 0 Å². The first-order valence-electron chi connectivity index (χ1n) is 5.09. The molecule has 1 heterocycles. The van der Waals surface area contributed by atoms with Crippen molar-refractivity contribution in [2.24, 2.45) is 15.7 Å². The molecule has 1 rings (SSSR count). The smallest absolute Gasteiger partial charge is 0.214 e. The van der Waals surface area contributed by atoms with E-state index >= 15 is 0 Å². The van der Waals surface area contributed by atoms with Crippen LogP contribution in [0.1, 0.15) is 12.8 Å². The zero-order valence-corrected chi connectivity index (χ0v) is 9.24. The van der Waals surface area contributed by atoms with Crippen LogP contribution in [-0.4, -0.2) is 43.8 Å². The molecule has 0 atom stereocenters. The maximum atomic E-state index is 5.50. The summed E-state index contributed by atoms with van der Waals surface area (Å²) in [5.74, 6) is 1.26. The maximum Gasteiger partial charge on any atom is 0.214 e. The molecule has 84 valence electrons. The molecular weight excluding hydrogens is 190 g/mol. The van der Waals surface area contributed by atoms with Gasteiger partial charge < -0.3 is 16.0 Å². The Morgan fingerprint density at radius 1 is 1.47 bits per heavy atom. The van der Waals surface area contributed by atoms with Crippen molar-refractivity contribution in [2.45, 2.75) is 18.9 Å². The predicted octanol–water partition coefficient (Wildman–Crippen LogP) is 0.157. The van der Waals surface area contributed by atoms with Crippen molar-refractivity contribution in [1.29, 1.82) is 0 Å². The molecule has 5 heteroatoms. The predicted molar refractivity (Wildman–Crippen MR) is 64.0 cm³/mol. The standard InChI is InChI=1S/C10H19N5/c1-8(12-2)15-6-4-9(5-7-15)14-10(11)13-3/h9,12H,1,3-7H2,2H3,(H2,11,14). The Balaban J connectivity index is 2.42. The number of hydrogen-bond donors (Lipinski definition) is 2. The van der Waals surface area contributed by atoms with E-state index in [1.165, 1.54) is 0 Å². The van der Waals surface area contributed by atoms with E-state index in [0.717, 1.165) is 31.8 Å². The number of guanidine groups is 1. The van der Waals surface area contributed by atoms with Crippen molar-refractivity contribution in [1.82, 2.24) is 10.2 Å². The summed E-state index contributed by atoms with van der Waals surface area (Å²) in [7, 11) is 1.88. The largest absolute Gasteiger partial charge is 0.375 e. The first-order valence-corrected chi connectivity index (χ1v) is 5.09. The molecule has 1 fully saturated rings. The Labute approximate surface area is 90.8 Å². The number of likely N-dealkylation sites (tertiary alicyclic amines) is 1. The number of aliphatic imine (C=N–C) groups is 2. The van der Waals surface area contributed by atoms with E-state index < -0.39 is 0 Å². The summed E-state index contributed by atoms with van der Waals surface area (Å²) in [4.78, 5) is 10.1. The molecule has 15 heavy (non-hydrogen) atoms. The van der Waals surface area contributed by atoms with Crippen molar-refractivity contribution >= 4 is 12.7 Å². The number of hydrogen-bond acceptors (Lipinski definition) is 3. The van der Waals surface area contributed by atoms with Gasteiger partial charge in [-0.1, -0.05) is 6.58 Å². The molecule has 5 nitrogen and oxygen atoms in total. The Morgan fingerprint density at radius 3 is 2.53 bits per heavy atom. The summed E-state index contributed by atoms with van der Waals surface area (Å²) < 4.78 is 0. The van der Waals surface area contributed by atoms with Crippen LogP contribution in [0, 0.1) is 0 Å². The summed E-state index contributed by atoms with van der Waals surface area (Å²) in [5.41, 5.74) is 5.50. The fraction of sp³-hybridized carbons (Fsp3) is 0.600. The van der Waals surface area contributed by atoms with Gasteiger partial charge >= 0.3 is 0 Å². The first-order chi connectivity index (χ1) is 7.17. The van der Waals surface area contributed by atoms with Crippen LogP contribution in [0.2, 0.25) is 0 Å². The van der Waals surface area contributed by atoms with Crippen molar-refractivity contribution in [2.75, 3.05) is 20.1 Å². The van der Waals surface area contributed by atoms with Crippen LogP contribution in [0.4, 0.5) is 0 Å². The lowest BCUT2D eigenvalue weighted by Gasteiger charge is -2.32. The van der Waals surface area contributed by atoms with Crippen LogP contribution in [0.5, 0.6) is 0 Å². The molecule has 0 aromatic rings. The quantitative estimate of drug-likeness (QED) is 0.514. The van der Waals surface area contributed by atoms with Gasteiger partial charge in [0, 0.05) is 20.1 Å². The molecule has 0 spiro atoms. The summed E-state index contributed by atoms with van der Waals surface area (Å²) in [6, 6.07) is 0.274. The molecule has 0 unspecified atom stereocenters. The van der Waals surface area contributed by atoms with Crippen molar-refractivity contribution in [3.8, 4) is 0 Å². The fourth-order valence-electron chi connectivity index (χ4n) is 1.65. The highest BCUT2D eigenvalue weighted by Crippen LogP contribution is 2.15. The average Bonchev–Trinajstić information content (AvgIpc) is 2.29. The third-order valence-corrected chi connectivity index (χ3v) is 2.61. The van der Waals surface area contributed by atoms with Gasteiger partial charge in [0.2, 0.25) is 5.96 Å². The minimum Gasteiger partial charge on any atom is -0.375 e. The van der Waals surface area contributed by atoms with Crippen LogP contribution in [-0.2, 0) is 0 Å². The highest BCUT2D eigenvalue weighted by Gasteiger charge is 2.18. The molecule has 0 amide bonds. The Bertz CT molecular complexity index is 263. The summed E-state index contributed by atoms with van der Waals surface area (Å²) in [5, 5.41) is 3.04. The monoisotopic (exact) mass is 209 g/mol. The van der Waals surface area contributed by atoms with E-state index in [1.54, 1.807) is 0 Å². The highest BCUT2D eigenvalue weighted by atomic mass is 15.2. The summed E-state index contributed by atoms with van der Waals surface area (Å²) in [6.45, 7) is 9.18. The number of rotatable bonds is 3. The van der Waals surface area contributed by atoms with Crippen LogP contribution in [0.15, 0.2) is 22.4 Å². The van der Waals surface area contributed by atoms with Gasteiger partial charge in [-0.2, -0.15) is 0 Å². The van der Waals surface area contributed by atoms with Gasteiger partial charge in [-0.3, -0.25) is 0 Å².